The molecular weight excluding hydrogens is 464 g/mol. The van der Waals surface area contributed by atoms with Crippen molar-refractivity contribution in [3.63, 3.8) is 0 Å². The molecule has 0 aliphatic carbocycles. The molecule has 3 aromatic rings. The van der Waals surface area contributed by atoms with Crippen LogP contribution in [-0.4, -0.2) is 33.9 Å². The molecule has 0 saturated heterocycles. The molecule has 0 radical (unpaired) electrons. The SMILES string of the molecule is COc1ccc(OCC(=O)Oc2ccc3c(c2)OC(N)=C(C#N)C3c2ccc(OC)c(OC)c2)cc1. The molecule has 0 aromatic heterocycles. The molecular formula is C27H24N2O7. The number of esters is 1. The summed E-state index contributed by atoms with van der Waals surface area (Å²) < 4.78 is 32.4. The standard InChI is InChI=1S/C27H24N2O7/c1-31-17-5-7-18(8-6-17)34-15-25(30)35-19-9-10-20-23(13-19)36-27(29)21(14-28)26(20)16-4-11-22(32-2)24(12-16)33-3/h4-13,26H,15,29H2,1-3H3. The molecule has 0 spiro atoms. The van der Waals surface area contributed by atoms with Crippen LogP contribution < -0.4 is 34.2 Å². The van der Waals surface area contributed by atoms with Gasteiger partial charge in [0.1, 0.15) is 34.6 Å². The Kier molecular flexibility index (Phi) is 7.16. The molecule has 0 saturated carbocycles. The Labute approximate surface area is 208 Å². The zero-order valence-electron chi connectivity index (χ0n) is 19.9. The molecule has 1 atom stereocenters. The molecule has 2 N–H and O–H groups in total. The predicted molar refractivity (Wildman–Crippen MR) is 129 cm³/mol. The van der Waals surface area contributed by atoms with Gasteiger partial charge in [-0.05, 0) is 48.0 Å². The van der Waals surface area contributed by atoms with Crippen molar-refractivity contribution in [2.75, 3.05) is 27.9 Å². The topological polar surface area (TPSA) is 122 Å². The number of hydrogen-bond acceptors (Lipinski definition) is 9. The zero-order chi connectivity index (χ0) is 25.7. The van der Waals surface area contributed by atoms with Gasteiger partial charge in [-0.2, -0.15) is 5.26 Å². The summed E-state index contributed by atoms with van der Waals surface area (Å²) in [6.45, 7) is -0.292. The molecule has 0 fully saturated rings. The first-order valence-corrected chi connectivity index (χ1v) is 10.9. The van der Waals surface area contributed by atoms with Crippen molar-refractivity contribution in [3.05, 3.63) is 83.2 Å². The number of nitrogens with two attached hydrogens (primary N) is 1. The summed E-state index contributed by atoms with van der Waals surface area (Å²) in [6.07, 6.45) is 0. The van der Waals surface area contributed by atoms with Crippen molar-refractivity contribution in [2.24, 2.45) is 5.73 Å². The van der Waals surface area contributed by atoms with Crippen molar-refractivity contribution < 1.29 is 33.2 Å². The van der Waals surface area contributed by atoms with Gasteiger partial charge in [-0.15, -0.1) is 0 Å². The highest BCUT2D eigenvalue weighted by molar-refractivity contribution is 5.74. The second-order valence-corrected chi connectivity index (χ2v) is 7.68. The van der Waals surface area contributed by atoms with Crippen molar-refractivity contribution in [1.82, 2.24) is 0 Å². The van der Waals surface area contributed by atoms with Gasteiger partial charge in [0.15, 0.2) is 18.1 Å². The van der Waals surface area contributed by atoms with E-state index in [4.69, 9.17) is 34.2 Å². The minimum Gasteiger partial charge on any atom is -0.497 e. The number of nitrogens with zero attached hydrogens (tertiary/aromatic N) is 1. The van der Waals surface area contributed by atoms with Gasteiger partial charge < -0.3 is 34.2 Å². The fraction of sp³-hybridized carbons (Fsp3) is 0.185. The van der Waals surface area contributed by atoms with Crippen LogP contribution in [0.2, 0.25) is 0 Å². The number of carbonyl (C=O) groups is 1. The van der Waals surface area contributed by atoms with E-state index in [1.165, 1.54) is 7.11 Å². The second kappa shape index (κ2) is 10.6. The van der Waals surface area contributed by atoms with E-state index in [2.05, 4.69) is 6.07 Å². The molecule has 36 heavy (non-hydrogen) atoms. The first-order valence-electron chi connectivity index (χ1n) is 10.9. The second-order valence-electron chi connectivity index (χ2n) is 7.68. The number of carbonyl (C=O) groups excluding carboxylic acids is 1. The lowest BCUT2D eigenvalue weighted by Crippen LogP contribution is -2.21. The number of allylic oxidation sites excluding steroid dienone is 1. The Morgan fingerprint density at radius 1 is 0.917 bits per heavy atom. The number of hydrogen-bond donors (Lipinski definition) is 1. The van der Waals surface area contributed by atoms with Crippen LogP contribution in [0, 0.1) is 11.3 Å². The van der Waals surface area contributed by atoms with Gasteiger partial charge in [-0.3, -0.25) is 0 Å². The maximum Gasteiger partial charge on any atom is 0.349 e. The van der Waals surface area contributed by atoms with Gasteiger partial charge in [-0.1, -0.05) is 12.1 Å². The molecule has 1 aliphatic rings. The van der Waals surface area contributed by atoms with Crippen molar-refractivity contribution >= 4 is 5.97 Å². The number of rotatable bonds is 8. The van der Waals surface area contributed by atoms with Crippen LogP contribution in [0.25, 0.3) is 0 Å². The van der Waals surface area contributed by atoms with Crippen molar-refractivity contribution in [3.8, 4) is 40.6 Å². The van der Waals surface area contributed by atoms with Gasteiger partial charge in [0.05, 0.1) is 27.2 Å². The Hall–Kier alpha value is -4.84. The summed E-state index contributed by atoms with van der Waals surface area (Å²) in [5.74, 6) is 1.73. The molecule has 0 amide bonds. The van der Waals surface area contributed by atoms with Crippen LogP contribution in [-0.2, 0) is 4.79 Å². The smallest absolute Gasteiger partial charge is 0.349 e. The third-order valence-corrected chi connectivity index (χ3v) is 5.58. The average molecular weight is 488 g/mol. The summed E-state index contributed by atoms with van der Waals surface area (Å²) in [6, 6.07) is 19.2. The summed E-state index contributed by atoms with van der Waals surface area (Å²) in [5, 5.41) is 9.79. The summed E-state index contributed by atoms with van der Waals surface area (Å²) in [4.78, 5) is 12.3. The lowest BCUT2D eigenvalue weighted by atomic mass is 9.83. The molecule has 3 aromatic carbocycles. The zero-order valence-corrected chi connectivity index (χ0v) is 19.9. The van der Waals surface area contributed by atoms with Gasteiger partial charge in [0.25, 0.3) is 0 Å². The summed E-state index contributed by atoms with van der Waals surface area (Å²) in [5.41, 5.74) is 7.78. The monoisotopic (exact) mass is 488 g/mol. The largest absolute Gasteiger partial charge is 0.497 e. The van der Waals surface area contributed by atoms with Gasteiger partial charge >= 0.3 is 5.97 Å². The summed E-state index contributed by atoms with van der Waals surface area (Å²) >= 11 is 0. The number of ether oxygens (including phenoxy) is 6. The number of fused-ring (bicyclic) bond motifs is 1. The Morgan fingerprint density at radius 3 is 2.28 bits per heavy atom. The minimum atomic E-state index is -0.598. The molecule has 184 valence electrons. The molecule has 1 aliphatic heterocycles. The third kappa shape index (κ3) is 4.98. The highest BCUT2D eigenvalue weighted by Gasteiger charge is 2.31. The van der Waals surface area contributed by atoms with Crippen LogP contribution in [0.1, 0.15) is 17.0 Å². The normalized spacial score (nSPS) is 14.1. The first kappa shape index (κ1) is 24.3. The molecule has 4 rings (SSSR count). The van der Waals surface area contributed by atoms with E-state index in [1.54, 1.807) is 68.8 Å². The Morgan fingerprint density at radius 2 is 1.61 bits per heavy atom. The van der Waals surface area contributed by atoms with Crippen LogP contribution in [0.4, 0.5) is 0 Å². The van der Waals surface area contributed by atoms with E-state index < -0.39 is 11.9 Å². The van der Waals surface area contributed by atoms with Crippen LogP contribution in [0.3, 0.4) is 0 Å². The molecule has 9 nitrogen and oxygen atoms in total. The minimum absolute atomic E-state index is 0.0314. The van der Waals surface area contributed by atoms with E-state index in [0.717, 1.165) is 5.56 Å². The van der Waals surface area contributed by atoms with Gasteiger partial charge in [-0.25, -0.2) is 4.79 Å². The van der Waals surface area contributed by atoms with E-state index in [0.29, 0.717) is 34.3 Å². The van der Waals surface area contributed by atoms with E-state index >= 15 is 0 Å². The van der Waals surface area contributed by atoms with Gasteiger partial charge in [0.2, 0.25) is 5.88 Å². The maximum atomic E-state index is 12.3. The van der Waals surface area contributed by atoms with Crippen LogP contribution in [0.15, 0.2) is 72.1 Å². The van der Waals surface area contributed by atoms with Gasteiger partial charge in [0, 0.05) is 11.6 Å². The average Bonchev–Trinajstić information content (AvgIpc) is 2.90. The molecule has 1 heterocycles. The molecule has 1 unspecified atom stereocenters. The van der Waals surface area contributed by atoms with Crippen molar-refractivity contribution in [2.45, 2.75) is 5.92 Å². The Bertz CT molecular complexity index is 1340. The third-order valence-electron chi connectivity index (χ3n) is 5.58. The highest BCUT2D eigenvalue weighted by Crippen LogP contribution is 2.45. The molecule has 9 heteroatoms. The van der Waals surface area contributed by atoms with E-state index in [-0.39, 0.29) is 23.8 Å². The maximum absolute atomic E-state index is 12.3. The number of benzene rings is 3. The lowest BCUT2D eigenvalue weighted by molar-refractivity contribution is -0.136. The lowest BCUT2D eigenvalue weighted by Gasteiger charge is -2.27. The highest BCUT2D eigenvalue weighted by atomic mass is 16.6. The Balaban J connectivity index is 1.55. The predicted octanol–water partition coefficient (Wildman–Crippen LogP) is 3.91. The number of methoxy groups -OCH3 is 3. The van der Waals surface area contributed by atoms with E-state index in [9.17, 15) is 10.1 Å². The fourth-order valence-corrected chi connectivity index (χ4v) is 3.85. The summed E-state index contributed by atoms with van der Waals surface area (Å²) in [7, 11) is 4.65. The van der Waals surface area contributed by atoms with E-state index in [1.807, 2.05) is 6.07 Å². The molecule has 0 bridgehead atoms. The van der Waals surface area contributed by atoms with Crippen LogP contribution >= 0.6 is 0 Å². The fourth-order valence-electron chi connectivity index (χ4n) is 3.85. The first-order chi connectivity index (χ1) is 17.5. The number of nitriles is 1. The van der Waals surface area contributed by atoms with Crippen molar-refractivity contribution in [1.29, 1.82) is 5.26 Å². The van der Waals surface area contributed by atoms with Crippen LogP contribution in [0.5, 0.6) is 34.5 Å². The quantitative estimate of drug-likeness (QED) is 0.371.